The fourth-order valence-corrected chi connectivity index (χ4v) is 6.50. The molecule has 0 radical (unpaired) electrons. The first-order valence-corrected chi connectivity index (χ1v) is 13.0. The van der Waals surface area contributed by atoms with Crippen LogP contribution in [-0.4, -0.2) is 11.0 Å². The number of hydrogen-bond donors (Lipinski definition) is 1. The summed E-state index contributed by atoms with van der Waals surface area (Å²) in [5.41, 5.74) is 9.54. The molecule has 4 aromatic rings. The van der Waals surface area contributed by atoms with Crippen LogP contribution in [0.2, 0.25) is 0 Å². The molecule has 36 heavy (non-hydrogen) atoms. The van der Waals surface area contributed by atoms with E-state index in [1.165, 1.54) is 32.9 Å². The molecule has 1 aliphatic heterocycles. The lowest BCUT2D eigenvalue weighted by Crippen LogP contribution is -2.30. The van der Waals surface area contributed by atoms with Crippen molar-refractivity contribution in [2.45, 2.75) is 44.1 Å². The number of furan rings is 2. The highest BCUT2D eigenvalue weighted by molar-refractivity contribution is 5.90. The molecule has 0 saturated heterocycles. The van der Waals surface area contributed by atoms with Gasteiger partial charge in [-0.05, 0) is 91.9 Å². The minimum Gasteiger partial charge on any atom is -0.457 e. The normalized spacial score (nSPS) is 21.7. The van der Waals surface area contributed by atoms with Gasteiger partial charge >= 0.3 is 0 Å². The Balaban J connectivity index is 1.24. The molecule has 3 aromatic heterocycles. The van der Waals surface area contributed by atoms with Gasteiger partial charge in [0.2, 0.25) is 0 Å². The molecule has 4 heteroatoms. The molecule has 4 heterocycles. The summed E-state index contributed by atoms with van der Waals surface area (Å²) in [6, 6.07) is 12.9. The van der Waals surface area contributed by atoms with Gasteiger partial charge in [-0.1, -0.05) is 24.3 Å². The Kier molecular flexibility index (Phi) is 4.33. The van der Waals surface area contributed by atoms with Crippen LogP contribution in [0.3, 0.4) is 0 Å². The van der Waals surface area contributed by atoms with Crippen molar-refractivity contribution in [2.75, 3.05) is 0 Å². The van der Waals surface area contributed by atoms with Crippen LogP contribution in [0, 0.1) is 0 Å². The highest BCUT2D eigenvalue weighted by Crippen LogP contribution is 2.45. The molecule has 1 aromatic carbocycles. The lowest BCUT2D eigenvalue weighted by Gasteiger charge is -2.27. The standard InChI is InChI=1S/C32H26N2O2/c1-3-15-33-25(5-1)19-7-9-23-29(17-19)35-27-13-11-22-21(31(23)27)12-14-28-32(22)24-10-8-20(18-30(24)36-28)26-6-2-4-16-34-26/h1,3-5,7,9,12-18,22,26,34H,2,6,8,10-11H2. The summed E-state index contributed by atoms with van der Waals surface area (Å²) in [6.45, 7) is 0. The van der Waals surface area contributed by atoms with Crippen LogP contribution < -0.4 is 16.0 Å². The van der Waals surface area contributed by atoms with Gasteiger partial charge in [-0.3, -0.25) is 4.98 Å². The predicted octanol–water partition coefficient (Wildman–Crippen LogP) is 5.83. The van der Waals surface area contributed by atoms with Crippen molar-refractivity contribution in [3.8, 4) is 11.3 Å². The molecule has 0 bridgehead atoms. The van der Waals surface area contributed by atoms with E-state index in [4.69, 9.17) is 8.83 Å². The second kappa shape index (κ2) is 7.72. The summed E-state index contributed by atoms with van der Waals surface area (Å²) in [5.74, 6) is 2.41. The molecule has 176 valence electrons. The molecule has 2 atom stereocenters. The number of pyridine rings is 1. The van der Waals surface area contributed by atoms with Gasteiger partial charge in [0.25, 0.3) is 0 Å². The highest BCUT2D eigenvalue weighted by atomic mass is 16.3. The van der Waals surface area contributed by atoms with E-state index in [0.29, 0.717) is 12.0 Å². The maximum Gasteiger partial charge on any atom is 0.136 e. The molecular formula is C32H26N2O2. The number of benzene rings is 1. The number of hydrogen-bond acceptors (Lipinski definition) is 4. The highest BCUT2D eigenvalue weighted by Gasteiger charge is 2.33. The van der Waals surface area contributed by atoms with Crippen LogP contribution in [0.5, 0.6) is 0 Å². The summed E-state index contributed by atoms with van der Waals surface area (Å²) in [6.07, 6.45) is 20.5. The Hall–Kier alpha value is -4.05. The topological polar surface area (TPSA) is 51.2 Å². The average Bonchev–Trinajstić information content (AvgIpc) is 3.51. The number of rotatable bonds is 2. The third-order valence-corrected chi connectivity index (χ3v) is 8.22. The monoisotopic (exact) mass is 470 g/mol. The van der Waals surface area contributed by atoms with Crippen molar-refractivity contribution in [1.82, 2.24) is 10.3 Å². The van der Waals surface area contributed by atoms with E-state index in [0.717, 1.165) is 65.9 Å². The van der Waals surface area contributed by atoms with Gasteiger partial charge < -0.3 is 14.2 Å². The van der Waals surface area contributed by atoms with Gasteiger partial charge in [-0.15, -0.1) is 0 Å². The smallest absolute Gasteiger partial charge is 0.136 e. The van der Waals surface area contributed by atoms with Crippen LogP contribution in [0.15, 0.2) is 75.4 Å². The Morgan fingerprint density at radius 1 is 1.00 bits per heavy atom. The number of aromatic nitrogens is 1. The van der Waals surface area contributed by atoms with Gasteiger partial charge in [0.05, 0.1) is 5.69 Å². The van der Waals surface area contributed by atoms with E-state index in [-0.39, 0.29) is 0 Å². The fraction of sp³-hybridized carbons (Fsp3) is 0.219. The SMILES string of the molecule is C1=CNC(C2=Cc3oc4c(c3CC2)C2CC=c3oc5cc(-c6ccccn6)ccc5c3=C2C=C4)CC1. The van der Waals surface area contributed by atoms with Crippen molar-refractivity contribution in [3.05, 3.63) is 99.8 Å². The minimum atomic E-state index is 0.312. The Morgan fingerprint density at radius 3 is 2.89 bits per heavy atom. The summed E-state index contributed by atoms with van der Waals surface area (Å²) in [4.78, 5) is 4.51. The first-order valence-electron chi connectivity index (χ1n) is 13.0. The van der Waals surface area contributed by atoms with Gasteiger partial charge in [0.1, 0.15) is 22.5 Å². The van der Waals surface area contributed by atoms with E-state index in [9.17, 15) is 0 Å². The van der Waals surface area contributed by atoms with Crippen LogP contribution >= 0.6 is 0 Å². The van der Waals surface area contributed by atoms with E-state index >= 15 is 0 Å². The molecule has 0 fully saturated rings. The van der Waals surface area contributed by atoms with Crippen LogP contribution in [0.1, 0.15) is 54.2 Å². The van der Waals surface area contributed by atoms with Gasteiger partial charge in [0, 0.05) is 45.5 Å². The largest absolute Gasteiger partial charge is 0.457 e. The molecular weight excluding hydrogens is 444 g/mol. The fourth-order valence-electron chi connectivity index (χ4n) is 6.50. The molecule has 2 unspecified atom stereocenters. The molecule has 4 nitrogen and oxygen atoms in total. The second-order valence-corrected chi connectivity index (χ2v) is 10.2. The van der Waals surface area contributed by atoms with Gasteiger partial charge in [0.15, 0.2) is 0 Å². The van der Waals surface area contributed by atoms with Crippen LogP contribution in [0.4, 0.5) is 0 Å². The van der Waals surface area contributed by atoms with E-state index in [1.807, 2.05) is 24.4 Å². The Morgan fingerprint density at radius 2 is 2.00 bits per heavy atom. The maximum absolute atomic E-state index is 6.45. The molecule has 4 aliphatic rings. The molecule has 3 aliphatic carbocycles. The van der Waals surface area contributed by atoms with Gasteiger partial charge in [-0.2, -0.15) is 0 Å². The quantitative estimate of drug-likeness (QED) is 0.401. The number of nitrogens with zero attached hydrogens (tertiary/aromatic N) is 1. The van der Waals surface area contributed by atoms with E-state index < -0.39 is 0 Å². The van der Waals surface area contributed by atoms with Crippen molar-refractivity contribution in [2.24, 2.45) is 0 Å². The lowest BCUT2D eigenvalue weighted by atomic mass is 9.77. The molecule has 0 saturated carbocycles. The van der Waals surface area contributed by atoms with Crippen LogP contribution in [-0.2, 0) is 6.42 Å². The second-order valence-electron chi connectivity index (χ2n) is 10.2. The Bertz CT molecular complexity index is 1750. The van der Waals surface area contributed by atoms with Crippen molar-refractivity contribution >= 4 is 34.8 Å². The zero-order valence-corrected chi connectivity index (χ0v) is 20.0. The number of allylic oxidation sites excluding steroid dienone is 2. The average molecular weight is 471 g/mol. The van der Waals surface area contributed by atoms with E-state index in [2.05, 4.69) is 65.1 Å². The van der Waals surface area contributed by atoms with Crippen molar-refractivity contribution in [3.63, 3.8) is 0 Å². The minimum absolute atomic E-state index is 0.312. The molecule has 0 spiro atoms. The lowest BCUT2D eigenvalue weighted by molar-refractivity contribution is 0.527. The molecule has 1 N–H and O–H groups in total. The third-order valence-electron chi connectivity index (χ3n) is 8.22. The zero-order chi connectivity index (χ0) is 23.6. The summed E-state index contributed by atoms with van der Waals surface area (Å²) < 4.78 is 12.8. The first-order chi connectivity index (χ1) is 17.8. The first kappa shape index (κ1) is 20.2. The van der Waals surface area contributed by atoms with Gasteiger partial charge in [-0.25, -0.2) is 0 Å². The maximum atomic E-state index is 6.45. The summed E-state index contributed by atoms with van der Waals surface area (Å²) in [5, 5.41) is 5.94. The Labute approximate surface area is 209 Å². The third kappa shape index (κ3) is 2.97. The van der Waals surface area contributed by atoms with Crippen molar-refractivity contribution in [1.29, 1.82) is 0 Å². The summed E-state index contributed by atoms with van der Waals surface area (Å²) >= 11 is 0. The number of fused-ring (bicyclic) bond motifs is 8. The molecule has 0 amide bonds. The zero-order valence-electron chi connectivity index (χ0n) is 20.0. The summed E-state index contributed by atoms with van der Waals surface area (Å²) in [7, 11) is 0. The van der Waals surface area contributed by atoms with E-state index in [1.54, 1.807) is 0 Å². The molecule has 8 rings (SSSR count). The number of nitrogens with one attached hydrogen (secondary N) is 1. The predicted molar refractivity (Wildman–Crippen MR) is 143 cm³/mol. The van der Waals surface area contributed by atoms with Crippen molar-refractivity contribution < 1.29 is 8.83 Å². The van der Waals surface area contributed by atoms with Crippen LogP contribution in [0.25, 0.3) is 46.0 Å².